The van der Waals surface area contributed by atoms with Crippen molar-refractivity contribution in [1.29, 1.82) is 0 Å². The van der Waals surface area contributed by atoms with Gasteiger partial charge in [-0.1, -0.05) is 29.8 Å². The van der Waals surface area contributed by atoms with E-state index in [9.17, 15) is 9.18 Å². The summed E-state index contributed by atoms with van der Waals surface area (Å²) in [6.45, 7) is 1.97. The summed E-state index contributed by atoms with van der Waals surface area (Å²) in [6.07, 6.45) is 0. The van der Waals surface area contributed by atoms with Crippen LogP contribution in [0.15, 0.2) is 48.5 Å². The molecule has 2 aromatic carbocycles. The van der Waals surface area contributed by atoms with Crippen LogP contribution in [-0.4, -0.2) is 5.91 Å². The van der Waals surface area contributed by atoms with Gasteiger partial charge in [-0.05, 0) is 36.8 Å². The van der Waals surface area contributed by atoms with Crippen LogP contribution in [0.4, 0.5) is 10.1 Å². The van der Waals surface area contributed by atoms with Gasteiger partial charge in [0.15, 0.2) is 0 Å². The van der Waals surface area contributed by atoms with Gasteiger partial charge >= 0.3 is 0 Å². The number of carbonyl (C=O) groups is 1. The summed E-state index contributed by atoms with van der Waals surface area (Å²) in [7, 11) is 0. The van der Waals surface area contributed by atoms with Crippen molar-refractivity contribution in [2.45, 2.75) is 13.0 Å². The number of rotatable bonds is 4. The second kappa shape index (κ2) is 5.52. The lowest BCUT2D eigenvalue weighted by Crippen LogP contribution is -2.27. The summed E-state index contributed by atoms with van der Waals surface area (Å²) < 4.78 is 13.2. The fourth-order valence-corrected chi connectivity index (χ4v) is 1.82. The van der Waals surface area contributed by atoms with Gasteiger partial charge in [0.2, 0.25) is 5.91 Å². The minimum Gasteiger partial charge on any atom is -0.370 e. The van der Waals surface area contributed by atoms with Gasteiger partial charge in [-0.15, -0.1) is 0 Å². The molecular weight excluding hydrogens is 243 g/mol. The third-order valence-corrected chi connectivity index (χ3v) is 2.83. The lowest BCUT2D eigenvalue weighted by molar-refractivity contribution is -0.118. The summed E-state index contributed by atoms with van der Waals surface area (Å²) in [6, 6.07) is 12.6. The van der Waals surface area contributed by atoms with E-state index in [1.165, 1.54) is 12.1 Å². The molecule has 3 nitrogen and oxygen atoms in total. The van der Waals surface area contributed by atoms with E-state index >= 15 is 0 Å². The first-order valence-corrected chi connectivity index (χ1v) is 5.94. The second-order valence-corrected chi connectivity index (χ2v) is 4.40. The molecule has 0 saturated heterocycles. The number of primary amides is 1. The highest BCUT2D eigenvalue weighted by Gasteiger charge is 2.17. The monoisotopic (exact) mass is 258 g/mol. The van der Waals surface area contributed by atoms with Crippen LogP contribution in [0.5, 0.6) is 0 Å². The van der Waals surface area contributed by atoms with Crippen LogP contribution < -0.4 is 11.1 Å². The largest absolute Gasteiger partial charge is 0.370 e. The SMILES string of the molecule is Cc1ccc(NC(C(N)=O)c2cccc(F)c2)cc1. The highest BCUT2D eigenvalue weighted by atomic mass is 19.1. The second-order valence-electron chi connectivity index (χ2n) is 4.40. The molecule has 0 spiro atoms. The Labute approximate surface area is 111 Å². The highest BCUT2D eigenvalue weighted by Crippen LogP contribution is 2.20. The molecule has 4 heteroatoms. The van der Waals surface area contributed by atoms with Crippen LogP contribution in [0.2, 0.25) is 0 Å². The maximum absolute atomic E-state index is 13.2. The summed E-state index contributed by atoms with van der Waals surface area (Å²) in [5.41, 5.74) is 7.76. The van der Waals surface area contributed by atoms with Crippen molar-refractivity contribution in [2.75, 3.05) is 5.32 Å². The van der Waals surface area contributed by atoms with Gasteiger partial charge in [0.05, 0.1) is 0 Å². The van der Waals surface area contributed by atoms with Gasteiger partial charge < -0.3 is 11.1 Å². The number of aryl methyl sites for hydroxylation is 1. The van der Waals surface area contributed by atoms with E-state index in [0.29, 0.717) is 5.56 Å². The normalized spacial score (nSPS) is 11.9. The van der Waals surface area contributed by atoms with Gasteiger partial charge in [-0.25, -0.2) is 4.39 Å². The molecule has 98 valence electrons. The van der Waals surface area contributed by atoms with Crippen molar-refractivity contribution in [3.63, 3.8) is 0 Å². The van der Waals surface area contributed by atoms with Gasteiger partial charge in [0.25, 0.3) is 0 Å². The van der Waals surface area contributed by atoms with Crippen molar-refractivity contribution < 1.29 is 9.18 Å². The van der Waals surface area contributed by atoms with Gasteiger partial charge in [0, 0.05) is 5.69 Å². The number of nitrogens with two attached hydrogens (primary N) is 1. The molecule has 1 unspecified atom stereocenters. The molecule has 0 aromatic heterocycles. The molecule has 2 aromatic rings. The van der Waals surface area contributed by atoms with Crippen LogP contribution in [0.1, 0.15) is 17.2 Å². The zero-order valence-corrected chi connectivity index (χ0v) is 10.6. The van der Waals surface area contributed by atoms with Gasteiger partial charge in [-0.3, -0.25) is 4.79 Å². The maximum Gasteiger partial charge on any atom is 0.244 e. The smallest absolute Gasteiger partial charge is 0.244 e. The number of carbonyl (C=O) groups excluding carboxylic acids is 1. The minimum absolute atomic E-state index is 0.394. The molecule has 1 atom stereocenters. The number of benzene rings is 2. The van der Waals surface area contributed by atoms with Crippen LogP contribution >= 0.6 is 0 Å². The molecule has 0 radical (unpaired) electrons. The Morgan fingerprint density at radius 1 is 1.21 bits per heavy atom. The Balaban J connectivity index is 2.26. The third kappa shape index (κ3) is 3.31. The predicted octanol–water partition coefficient (Wildman–Crippen LogP) is 2.77. The average molecular weight is 258 g/mol. The van der Waals surface area contributed by atoms with Gasteiger partial charge in [-0.2, -0.15) is 0 Å². The Kier molecular flexibility index (Phi) is 3.80. The predicted molar refractivity (Wildman–Crippen MR) is 73.1 cm³/mol. The molecule has 19 heavy (non-hydrogen) atoms. The van der Waals surface area contributed by atoms with Crippen molar-refractivity contribution in [1.82, 2.24) is 0 Å². The molecule has 0 saturated carbocycles. The zero-order chi connectivity index (χ0) is 13.8. The van der Waals surface area contributed by atoms with E-state index in [-0.39, 0.29) is 0 Å². The molecule has 0 fully saturated rings. The van der Waals surface area contributed by atoms with Crippen molar-refractivity contribution in [3.8, 4) is 0 Å². The molecule has 0 bridgehead atoms. The van der Waals surface area contributed by atoms with Crippen LogP contribution in [0.25, 0.3) is 0 Å². The molecular formula is C15H15FN2O. The molecule has 0 aliphatic carbocycles. The quantitative estimate of drug-likeness (QED) is 0.886. The van der Waals surface area contributed by atoms with E-state index in [1.807, 2.05) is 31.2 Å². The van der Waals surface area contributed by atoms with Crippen LogP contribution in [0.3, 0.4) is 0 Å². The first-order valence-electron chi connectivity index (χ1n) is 5.94. The van der Waals surface area contributed by atoms with Crippen LogP contribution in [-0.2, 0) is 4.79 Å². The molecule has 3 N–H and O–H groups in total. The number of hydrogen-bond donors (Lipinski definition) is 2. The minimum atomic E-state index is -0.751. The maximum atomic E-state index is 13.2. The summed E-state index contributed by atoms with van der Waals surface area (Å²) in [5, 5.41) is 3.01. The topological polar surface area (TPSA) is 55.1 Å². The van der Waals surface area contributed by atoms with E-state index in [4.69, 9.17) is 5.73 Å². The third-order valence-electron chi connectivity index (χ3n) is 2.83. The molecule has 1 amide bonds. The number of hydrogen-bond acceptors (Lipinski definition) is 2. The van der Waals surface area contributed by atoms with E-state index in [1.54, 1.807) is 12.1 Å². The number of amides is 1. The Morgan fingerprint density at radius 2 is 1.89 bits per heavy atom. The van der Waals surface area contributed by atoms with E-state index in [2.05, 4.69) is 5.32 Å². The summed E-state index contributed by atoms with van der Waals surface area (Å²) in [5.74, 6) is -0.944. The molecule has 0 aliphatic rings. The van der Waals surface area contributed by atoms with Crippen molar-refractivity contribution >= 4 is 11.6 Å². The van der Waals surface area contributed by atoms with E-state index in [0.717, 1.165) is 11.3 Å². The number of nitrogens with one attached hydrogen (secondary N) is 1. The van der Waals surface area contributed by atoms with E-state index < -0.39 is 17.8 Å². The van der Waals surface area contributed by atoms with Crippen molar-refractivity contribution in [2.24, 2.45) is 5.73 Å². The molecule has 0 aliphatic heterocycles. The summed E-state index contributed by atoms with van der Waals surface area (Å²) >= 11 is 0. The highest BCUT2D eigenvalue weighted by molar-refractivity contribution is 5.84. The Bertz CT molecular complexity index is 581. The van der Waals surface area contributed by atoms with Crippen molar-refractivity contribution in [3.05, 3.63) is 65.5 Å². The average Bonchev–Trinajstić information content (AvgIpc) is 2.37. The number of halogens is 1. The number of anilines is 1. The lowest BCUT2D eigenvalue weighted by atomic mass is 10.1. The molecule has 2 rings (SSSR count). The summed E-state index contributed by atoms with van der Waals surface area (Å²) in [4.78, 5) is 11.5. The zero-order valence-electron chi connectivity index (χ0n) is 10.6. The standard InChI is InChI=1S/C15H15FN2O/c1-10-5-7-13(8-6-10)18-14(15(17)19)11-3-2-4-12(16)9-11/h2-9,14,18H,1H3,(H2,17,19). The van der Waals surface area contributed by atoms with Crippen LogP contribution in [0, 0.1) is 12.7 Å². The fraction of sp³-hybridized carbons (Fsp3) is 0.133. The Hall–Kier alpha value is -2.36. The molecule has 0 heterocycles. The lowest BCUT2D eigenvalue weighted by Gasteiger charge is -2.17. The fourth-order valence-electron chi connectivity index (χ4n) is 1.82. The van der Waals surface area contributed by atoms with Gasteiger partial charge in [0.1, 0.15) is 11.9 Å². The first kappa shape index (κ1) is 13.1. The Morgan fingerprint density at radius 3 is 2.47 bits per heavy atom. The first-order chi connectivity index (χ1) is 9.06.